The molecular formula is C33H42ClN3O4. The van der Waals surface area contributed by atoms with Gasteiger partial charge in [0.05, 0.1) is 23.7 Å². The molecule has 220 valence electrons. The first-order valence-corrected chi connectivity index (χ1v) is 14.5. The van der Waals surface area contributed by atoms with E-state index in [1.165, 1.54) is 0 Å². The summed E-state index contributed by atoms with van der Waals surface area (Å²) < 4.78 is 6.03. The average molecular weight is 580 g/mol. The number of carboxylic acids is 1. The van der Waals surface area contributed by atoms with Crippen LogP contribution >= 0.6 is 11.6 Å². The number of hydrogen-bond acceptors (Lipinski definition) is 5. The van der Waals surface area contributed by atoms with E-state index in [1.807, 2.05) is 84.3 Å². The zero-order valence-corrected chi connectivity index (χ0v) is 25.7. The first kappa shape index (κ1) is 32.1. The van der Waals surface area contributed by atoms with Crippen LogP contribution in [0.2, 0.25) is 5.02 Å². The molecule has 0 aliphatic rings. The molecule has 41 heavy (non-hydrogen) atoms. The topological polar surface area (TPSA) is 91.8 Å². The number of hydrogen-bond donors (Lipinski definition) is 2. The molecule has 1 amide bonds. The molecular weight excluding hydrogens is 538 g/mol. The van der Waals surface area contributed by atoms with Gasteiger partial charge in [-0.05, 0) is 74.7 Å². The largest absolute Gasteiger partial charge is 0.492 e. The fraction of sp³-hybridized carbons (Fsp3) is 0.424. The highest BCUT2D eigenvalue weighted by atomic mass is 35.5. The first-order valence-electron chi connectivity index (χ1n) is 14.1. The third-order valence-corrected chi connectivity index (χ3v) is 7.61. The van der Waals surface area contributed by atoms with Crippen LogP contribution in [0.1, 0.15) is 62.5 Å². The summed E-state index contributed by atoms with van der Waals surface area (Å²) in [6, 6.07) is 16.6. The molecule has 2 aromatic carbocycles. The molecule has 0 spiro atoms. The lowest BCUT2D eigenvalue weighted by atomic mass is 9.78. The maximum atomic E-state index is 13.5. The molecule has 1 aromatic heterocycles. The molecule has 8 heteroatoms. The van der Waals surface area contributed by atoms with Crippen LogP contribution in [-0.2, 0) is 4.79 Å². The molecule has 1 atom stereocenters. The van der Waals surface area contributed by atoms with Gasteiger partial charge in [0.15, 0.2) is 0 Å². The lowest BCUT2D eigenvalue weighted by Gasteiger charge is -2.34. The van der Waals surface area contributed by atoms with Gasteiger partial charge in [0.2, 0.25) is 0 Å². The van der Waals surface area contributed by atoms with Crippen LogP contribution in [0.4, 0.5) is 0 Å². The smallest absolute Gasteiger partial charge is 0.305 e. The molecule has 0 bridgehead atoms. The minimum Gasteiger partial charge on any atom is -0.492 e. The Morgan fingerprint density at radius 1 is 1.10 bits per heavy atom. The summed E-state index contributed by atoms with van der Waals surface area (Å²) in [5, 5.41) is 13.0. The van der Waals surface area contributed by atoms with Crippen LogP contribution in [0.5, 0.6) is 5.75 Å². The van der Waals surface area contributed by atoms with Crippen molar-refractivity contribution >= 4 is 23.5 Å². The second-order valence-corrected chi connectivity index (χ2v) is 11.8. The second-order valence-electron chi connectivity index (χ2n) is 11.4. The SMILES string of the molecule is CCCC(C)(C)[C@H](CC(=O)O)NC(=O)c1ccc(-c2ccccc2C)c(-c2ccc(Cl)c(OCCCN(C)C)c2)n1. The number of benzene rings is 2. The second kappa shape index (κ2) is 14.5. The van der Waals surface area contributed by atoms with E-state index < -0.39 is 23.3 Å². The zero-order valence-electron chi connectivity index (χ0n) is 25.0. The third kappa shape index (κ3) is 8.78. The van der Waals surface area contributed by atoms with Crippen molar-refractivity contribution < 1.29 is 19.4 Å². The van der Waals surface area contributed by atoms with Crippen LogP contribution in [0.3, 0.4) is 0 Å². The molecule has 2 N–H and O–H groups in total. The molecule has 0 aliphatic heterocycles. The van der Waals surface area contributed by atoms with E-state index in [4.69, 9.17) is 21.3 Å². The number of pyridine rings is 1. The number of rotatable bonds is 14. The van der Waals surface area contributed by atoms with E-state index in [-0.39, 0.29) is 12.1 Å². The summed E-state index contributed by atoms with van der Waals surface area (Å²) in [5.74, 6) is -0.812. The van der Waals surface area contributed by atoms with Crippen LogP contribution in [-0.4, -0.2) is 60.2 Å². The highest BCUT2D eigenvalue weighted by molar-refractivity contribution is 6.32. The molecule has 0 saturated carbocycles. The van der Waals surface area contributed by atoms with Crippen LogP contribution in [0.15, 0.2) is 54.6 Å². The normalized spacial score (nSPS) is 12.3. The number of nitrogens with one attached hydrogen (secondary N) is 1. The lowest BCUT2D eigenvalue weighted by molar-refractivity contribution is -0.138. The van der Waals surface area contributed by atoms with Gasteiger partial charge < -0.3 is 20.1 Å². The number of aryl methyl sites for hydroxylation is 1. The Hall–Kier alpha value is -3.42. The van der Waals surface area contributed by atoms with Crippen molar-refractivity contribution in [3.63, 3.8) is 0 Å². The third-order valence-electron chi connectivity index (χ3n) is 7.30. The van der Waals surface area contributed by atoms with Crippen molar-refractivity contribution in [3.8, 4) is 28.1 Å². The predicted octanol–water partition coefficient (Wildman–Crippen LogP) is 7.11. The highest BCUT2D eigenvalue weighted by Gasteiger charge is 2.32. The summed E-state index contributed by atoms with van der Waals surface area (Å²) in [5.41, 5.74) is 4.13. The number of aromatic nitrogens is 1. The van der Waals surface area contributed by atoms with Gasteiger partial charge in [-0.3, -0.25) is 9.59 Å². The Morgan fingerprint density at radius 2 is 1.83 bits per heavy atom. The standard InChI is InChI=1S/C33H42ClN3O4/c1-7-17-33(3,4)29(21-30(38)39)36-32(40)27-16-14-25(24-12-9-8-11-22(24)2)31(35-27)23-13-15-26(34)28(20-23)41-19-10-18-37(5)6/h8-9,11-16,20,29H,7,10,17-19,21H2,1-6H3,(H,36,40)(H,38,39)/t29-/m0/s1. The van der Waals surface area contributed by atoms with Crippen LogP contribution in [0, 0.1) is 12.3 Å². The Balaban J connectivity index is 2.04. The molecule has 0 saturated heterocycles. The number of nitrogens with zero attached hydrogens (tertiary/aromatic N) is 2. The maximum Gasteiger partial charge on any atom is 0.305 e. The number of ether oxygens (including phenoxy) is 1. The summed E-state index contributed by atoms with van der Waals surface area (Å²) >= 11 is 6.49. The Kier molecular flexibility index (Phi) is 11.3. The Labute approximate surface area is 248 Å². The average Bonchev–Trinajstić information content (AvgIpc) is 2.91. The molecule has 7 nitrogen and oxygen atoms in total. The van der Waals surface area contributed by atoms with E-state index in [9.17, 15) is 14.7 Å². The minimum atomic E-state index is -0.956. The van der Waals surface area contributed by atoms with E-state index in [0.717, 1.165) is 48.1 Å². The minimum absolute atomic E-state index is 0.168. The summed E-state index contributed by atoms with van der Waals surface area (Å²) in [6.07, 6.45) is 2.33. The number of halogens is 1. The van der Waals surface area contributed by atoms with Gasteiger partial charge in [-0.2, -0.15) is 0 Å². The number of carbonyl (C=O) groups excluding carboxylic acids is 1. The molecule has 0 unspecified atom stereocenters. The molecule has 0 radical (unpaired) electrons. The molecule has 0 fully saturated rings. The van der Waals surface area contributed by atoms with Crippen molar-refractivity contribution in [1.29, 1.82) is 0 Å². The fourth-order valence-electron chi connectivity index (χ4n) is 4.97. The molecule has 3 aromatic rings. The number of carbonyl (C=O) groups is 2. The van der Waals surface area contributed by atoms with E-state index in [1.54, 1.807) is 12.1 Å². The van der Waals surface area contributed by atoms with Crippen molar-refractivity contribution in [1.82, 2.24) is 15.2 Å². The molecule has 0 aliphatic carbocycles. The van der Waals surface area contributed by atoms with Crippen molar-refractivity contribution in [3.05, 3.63) is 70.9 Å². The lowest BCUT2D eigenvalue weighted by Crippen LogP contribution is -2.46. The number of amides is 1. The zero-order chi connectivity index (χ0) is 30.2. The molecule has 1 heterocycles. The van der Waals surface area contributed by atoms with Crippen LogP contribution < -0.4 is 10.1 Å². The van der Waals surface area contributed by atoms with Gasteiger partial charge in [0, 0.05) is 23.7 Å². The van der Waals surface area contributed by atoms with Gasteiger partial charge in [0.1, 0.15) is 11.4 Å². The van der Waals surface area contributed by atoms with Crippen molar-refractivity contribution in [2.45, 2.75) is 59.4 Å². The van der Waals surface area contributed by atoms with Crippen molar-refractivity contribution in [2.75, 3.05) is 27.2 Å². The predicted molar refractivity (Wildman–Crippen MR) is 166 cm³/mol. The maximum absolute atomic E-state index is 13.5. The summed E-state index contributed by atoms with van der Waals surface area (Å²) in [6.45, 7) is 9.46. The Bertz CT molecular complexity index is 1360. The van der Waals surface area contributed by atoms with Crippen LogP contribution in [0.25, 0.3) is 22.4 Å². The molecule has 3 rings (SSSR count). The van der Waals surface area contributed by atoms with Gasteiger partial charge in [-0.1, -0.05) is 69.1 Å². The monoisotopic (exact) mass is 579 g/mol. The van der Waals surface area contributed by atoms with E-state index in [0.29, 0.717) is 23.1 Å². The summed E-state index contributed by atoms with van der Waals surface area (Å²) in [4.78, 5) is 32.1. The fourth-order valence-corrected chi connectivity index (χ4v) is 5.14. The quantitative estimate of drug-likeness (QED) is 0.198. The Morgan fingerprint density at radius 3 is 2.49 bits per heavy atom. The van der Waals surface area contributed by atoms with Gasteiger partial charge in [0.25, 0.3) is 5.91 Å². The van der Waals surface area contributed by atoms with Crippen molar-refractivity contribution in [2.24, 2.45) is 5.41 Å². The van der Waals surface area contributed by atoms with Gasteiger partial charge >= 0.3 is 5.97 Å². The van der Waals surface area contributed by atoms with Gasteiger partial charge in [-0.15, -0.1) is 0 Å². The van der Waals surface area contributed by atoms with Gasteiger partial charge in [-0.25, -0.2) is 4.98 Å². The highest BCUT2D eigenvalue weighted by Crippen LogP contribution is 2.37. The number of aliphatic carboxylic acids is 1. The first-order chi connectivity index (χ1) is 19.4. The summed E-state index contributed by atoms with van der Waals surface area (Å²) in [7, 11) is 4.04. The van der Waals surface area contributed by atoms with E-state index in [2.05, 4.69) is 10.2 Å². The number of carboxylic acid groups (broad SMARTS) is 1. The van der Waals surface area contributed by atoms with E-state index >= 15 is 0 Å².